The van der Waals surface area contributed by atoms with Gasteiger partial charge in [0, 0.05) is 13.2 Å². The highest BCUT2D eigenvalue weighted by Crippen LogP contribution is 2.13. The maximum atomic E-state index is 12.8. The predicted molar refractivity (Wildman–Crippen MR) is 108 cm³/mol. The number of benzene rings is 1. The normalized spacial score (nSPS) is 11.4. The van der Waals surface area contributed by atoms with Crippen LogP contribution in [0, 0.1) is 6.92 Å². The zero-order valence-corrected chi connectivity index (χ0v) is 15.6. The first-order valence-corrected chi connectivity index (χ1v) is 8.49. The molecule has 2 aromatic heterocycles. The minimum Gasteiger partial charge on any atom is -0.360 e. The van der Waals surface area contributed by atoms with Crippen LogP contribution in [0.1, 0.15) is 18.3 Å². The molecular formula is C18H20N6OS. The van der Waals surface area contributed by atoms with E-state index in [0.29, 0.717) is 5.69 Å². The Hall–Kier alpha value is -3.13. The van der Waals surface area contributed by atoms with Gasteiger partial charge in [-0.15, -0.1) is 0 Å². The maximum absolute atomic E-state index is 12.8. The van der Waals surface area contributed by atoms with Gasteiger partial charge in [-0.2, -0.15) is 5.10 Å². The van der Waals surface area contributed by atoms with E-state index in [4.69, 9.17) is 12.2 Å². The molecular weight excluding hydrogens is 348 g/mol. The molecule has 7 nitrogen and oxygen atoms in total. The van der Waals surface area contributed by atoms with Gasteiger partial charge in [-0.25, -0.2) is 4.68 Å². The van der Waals surface area contributed by atoms with Gasteiger partial charge in [-0.3, -0.25) is 14.9 Å². The van der Waals surface area contributed by atoms with Crippen LogP contribution in [0.3, 0.4) is 0 Å². The molecule has 26 heavy (non-hydrogen) atoms. The second-order valence-corrected chi connectivity index (χ2v) is 6.19. The van der Waals surface area contributed by atoms with Gasteiger partial charge in [0.15, 0.2) is 5.11 Å². The molecule has 0 amide bonds. The minimum atomic E-state index is -0.176. The number of aromatic nitrogens is 3. The zero-order valence-electron chi connectivity index (χ0n) is 14.8. The molecule has 0 atom stereocenters. The van der Waals surface area contributed by atoms with Crippen LogP contribution in [0.15, 0.2) is 58.6 Å². The van der Waals surface area contributed by atoms with E-state index in [0.717, 1.165) is 22.8 Å². The van der Waals surface area contributed by atoms with Crippen LogP contribution in [0.5, 0.6) is 0 Å². The zero-order chi connectivity index (χ0) is 18.7. The van der Waals surface area contributed by atoms with Gasteiger partial charge < -0.3 is 10.3 Å². The number of nitrogens with zero attached hydrogens (tertiary/aromatic N) is 3. The Labute approximate surface area is 156 Å². The number of para-hydroxylation sites is 1. The highest BCUT2D eigenvalue weighted by molar-refractivity contribution is 7.80. The molecule has 0 fully saturated rings. The van der Waals surface area contributed by atoms with Gasteiger partial charge in [-0.1, -0.05) is 18.2 Å². The van der Waals surface area contributed by atoms with Crippen molar-refractivity contribution in [3.05, 3.63) is 70.4 Å². The van der Waals surface area contributed by atoms with Crippen molar-refractivity contribution in [2.75, 3.05) is 5.32 Å². The average Bonchev–Trinajstić information content (AvgIpc) is 3.25. The lowest BCUT2D eigenvalue weighted by atomic mass is 10.3. The van der Waals surface area contributed by atoms with Crippen molar-refractivity contribution in [1.82, 2.24) is 19.8 Å². The molecule has 1 aromatic carbocycles. The topological polar surface area (TPSA) is 79.1 Å². The Morgan fingerprint density at radius 3 is 2.58 bits per heavy atom. The van der Waals surface area contributed by atoms with Crippen LogP contribution in [0.25, 0.3) is 5.69 Å². The summed E-state index contributed by atoms with van der Waals surface area (Å²) in [6.45, 7) is 3.72. The Morgan fingerprint density at radius 1 is 1.19 bits per heavy atom. The second kappa shape index (κ2) is 7.40. The molecule has 134 valence electrons. The summed E-state index contributed by atoms with van der Waals surface area (Å²) in [5, 5.41) is 7.44. The summed E-state index contributed by atoms with van der Waals surface area (Å²) in [7, 11) is 1.83. The first kappa shape index (κ1) is 17.7. The molecule has 0 aliphatic carbocycles. The maximum Gasteiger partial charge on any atom is 0.295 e. The van der Waals surface area contributed by atoms with E-state index in [1.54, 1.807) is 9.36 Å². The van der Waals surface area contributed by atoms with Crippen LogP contribution >= 0.6 is 12.2 Å². The van der Waals surface area contributed by atoms with Gasteiger partial charge >= 0.3 is 0 Å². The molecule has 0 spiro atoms. The summed E-state index contributed by atoms with van der Waals surface area (Å²) >= 11 is 5.28. The number of aromatic amines is 1. The predicted octanol–water partition coefficient (Wildman–Crippen LogP) is 2.52. The highest BCUT2D eigenvalue weighted by Gasteiger charge is 2.16. The third kappa shape index (κ3) is 3.45. The van der Waals surface area contributed by atoms with E-state index in [2.05, 4.69) is 20.8 Å². The van der Waals surface area contributed by atoms with Crippen molar-refractivity contribution in [3.8, 4) is 5.69 Å². The smallest absolute Gasteiger partial charge is 0.295 e. The van der Waals surface area contributed by atoms with E-state index >= 15 is 0 Å². The number of hydrazone groups is 1. The number of thiocarbonyl (C=S) groups is 1. The monoisotopic (exact) mass is 368 g/mol. The summed E-state index contributed by atoms with van der Waals surface area (Å²) in [4.78, 5) is 15.9. The highest BCUT2D eigenvalue weighted by atomic mass is 32.1. The molecule has 0 aliphatic heterocycles. The summed E-state index contributed by atoms with van der Waals surface area (Å²) in [5.74, 6) is 0. The number of hydrogen-bond acceptors (Lipinski definition) is 3. The average molecular weight is 368 g/mol. The lowest BCUT2D eigenvalue weighted by Gasteiger charge is -2.07. The van der Waals surface area contributed by atoms with E-state index < -0.39 is 0 Å². The van der Waals surface area contributed by atoms with Gasteiger partial charge in [0.1, 0.15) is 5.69 Å². The molecule has 0 unspecified atom stereocenters. The molecule has 8 heteroatoms. The summed E-state index contributed by atoms with van der Waals surface area (Å²) in [6.07, 6.45) is 1.82. The van der Waals surface area contributed by atoms with Crippen molar-refractivity contribution in [3.63, 3.8) is 0 Å². The van der Waals surface area contributed by atoms with E-state index in [1.165, 1.54) is 0 Å². The van der Waals surface area contributed by atoms with Crippen molar-refractivity contribution in [1.29, 1.82) is 0 Å². The molecule has 0 saturated carbocycles. The fourth-order valence-electron chi connectivity index (χ4n) is 2.60. The van der Waals surface area contributed by atoms with Crippen LogP contribution in [-0.4, -0.2) is 25.2 Å². The third-order valence-electron chi connectivity index (χ3n) is 4.11. The quantitative estimate of drug-likeness (QED) is 0.376. The Bertz CT molecular complexity index is 998. The van der Waals surface area contributed by atoms with Crippen LogP contribution < -0.4 is 16.3 Å². The molecule has 0 saturated heterocycles. The largest absolute Gasteiger partial charge is 0.360 e. The van der Waals surface area contributed by atoms with Crippen molar-refractivity contribution in [2.24, 2.45) is 12.1 Å². The summed E-state index contributed by atoms with van der Waals surface area (Å²) in [5.41, 5.74) is 6.22. The molecule has 0 bridgehead atoms. The van der Waals surface area contributed by atoms with Gasteiger partial charge in [0.2, 0.25) is 0 Å². The van der Waals surface area contributed by atoms with E-state index in [9.17, 15) is 4.79 Å². The SMILES string of the molecule is C/C(=N/NC(=S)Nc1c(C)n(C)n(-c2ccccc2)c1=O)c1ccc[nH]1. The van der Waals surface area contributed by atoms with Gasteiger partial charge in [-0.05, 0) is 50.3 Å². The third-order valence-corrected chi connectivity index (χ3v) is 4.30. The number of nitrogens with one attached hydrogen (secondary N) is 3. The number of H-pyrrole nitrogens is 1. The first-order valence-electron chi connectivity index (χ1n) is 8.08. The number of rotatable bonds is 4. The van der Waals surface area contributed by atoms with Crippen molar-refractivity contribution >= 4 is 28.7 Å². The molecule has 3 rings (SSSR count). The van der Waals surface area contributed by atoms with Gasteiger partial charge in [0.25, 0.3) is 5.56 Å². The fraction of sp³-hybridized carbons (Fsp3) is 0.167. The minimum absolute atomic E-state index is 0.176. The standard InChI is InChI=1S/C18H20N6OS/c1-12(15-10-7-11-19-15)21-22-18(26)20-16-13(2)23(3)24(17(16)25)14-8-5-4-6-9-14/h4-11,19H,1-3H3,(H2,20,22,26)/b21-12-. The lowest BCUT2D eigenvalue weighted by Crippen LogP contribution is -2.28. The van der Waals surface area contributed by atoms with Crippen molar-refractivity contribution < 1.29 is 0 Å². The molecule has 0 radical (unpaired) electrons. The van der Waals surface area contributed by atoms with E-state index in [1.807, 2.05) is 69.6 Å². The van der Waals surface area contributed by atoms with Crippen LogP contribution in [0.2, 0.25) is 0 Å². The van der Waals surface area contributed by atoms with Crippen molar-refractivity contribution in [2.45, 2.75) is 13.8 Å². The van der Waals surface area contributed by atoms with E-state index in [-0.39, 0.29) is 10.7 Å². The Balaban J connectivity index is 1.81. The molecule has 0 aliphatic rings. The summed E-state index contributed by atoms with van der Waals surface area (Å²) in [6, 6.07) is 13.3. The Morgan fingerprint density at radius 2 is 1.92 bits per heavy atom. The van der Waals surface area contributed by atoms with Gasteiger partial charge in [0.05, 0.1) is 22.8 Å². The second-order valence-electron chi connectivity index (χ2n) is 5.78. The van der Waals surface area contributed by atoms with Crippen LogP contribution in [-0.2, 0) is 7.05 Å². The Kier molecular flexibility index (Phi) is 5.04. The molecule has 3 N–H and O–H groups in total. The fourth-order valence-corrected chi connectivity index (χ4v) is 2.75. The first-order chi connectivity index (χ1) is 12.5. The summed E-state index contributed by atoms with van der Waals surface area (Å²) < 4.78 is 3.38. The molecule has 2 heterocycles. The lowest BCUT2D eigenvalue weighted by molar-refractivity contribution is 0.630. The van der Waals surface area contributed by atoms with Crippen LogP contribution in [0.4, 0.5) is 5.69 Å². The molecule has 3 aromatic rings. The number of anilines is 1. The number of hydrogen-bond donors (Lipinski definition) is 3.